The third-order valence-electron chi connectivity index (χ3n) is 5.05. The topological polar surface area (TPSA) is 51.2 Å². The molecule has 0 spiro atoms. The van der Waals surface area contributed by atoms with Crippen molar-refractivity contribution in [3.63, 3.8) is 0 Å². The smallest absolute Gasteiger partial charge is 0.251 e. The van der Waals surface area contributed by atoms with E-state index in [-0.39, 0.29) is 5.91 Å². The van der Waals surface area contributed by atoms with Crippen molar-refractivity contribution in [2.75, 3.05) is 13.2 Å². The highest BCUT2D eigenvalue weighted by Gasteiger charge is 2.36. The molecular formula is C23H21BrN2O2S. The molecule has 148 valence electrons. The zero-order valence-electron chi connectivity index (χ0n) is 15.8. The van der Waals surface area contributed by atoms with Crippen LogP contribution in [0.5, 0.6) is 0 Å². The SMILES string of the molecule is O=C(NC1(c2cccc(Br)c2)CCOCC1)c1ccc(Sc2ccccn2)cc1. The molecule has 2 heterocycles. The van der Waals surface area contributed by atoms with Gasteiger partial charge in [-0.3, -0.25) is 4.79 Å². The van der Waals surface area contributed by atoms with Crippen LogP contribution in [0.15, 0.2) is 87.3 Å². The van der Waals surface area contributed by atoms with Gasteiger partial charge in [0.15, 0.2) is 0 Å². The fourth-order valence-electron chi connectivity index (χ4n) is 3.48. The van der Waals surface area contributed by atoms with Crippen LogP contribution in [0.25, 0.3) is 0 Å². The van der Waals surface area contributed by atoms with E-state index in [0.717, 1.165) is 32.8 Å². The third-order valence-corrected chi connectivity index (χ3v) is 6.50. The van der Waals surface area contributed by atoms with Gasteiger partial charge in [-0.15, -0.1) is 0 Å². The number of carbonyl (C=O) groups excluding carboxylic acids is 1. The summed E-state index contributed by atoms with van der Waals surface area (Å²) < 4.78 is 6.57. The first kappa shape index (κ1) is 20.1. The summed E-state index contributed by atoms with van der Waals surface area (Å²) in [7, 11) is 0. The molecule has 0 radical (unpaired) electrons. The molecule has 0 atom stereocenters. The number of halogens is 1. The molecule has 1 aliphatic heterocycles. The van der Waals surface area contributed by atoms with E-state index in [9.17, 15) is 4.79 Å². The molecule has 2 aromatic carbocycles. The van der Waals surface area contributed by atoms with Crippen LogP contribution in [-0.4, -0.2) is 24.1 Å². The second-order valence-electron chi connectivity index (χ2n) is 6.95. The van der Waals surface area contributed by atoms with Gasteiger partial charge in [-0.1, -0.05) is 45.9 Å². The zero-order valence-corrected chi connectivity index (χ0v) is 18.2. The van der Waals surface area contributed by atoms with Crippen molar-refractivity contribution in [3.05, 3.63) is 88.5 Å². The molecule has 4 nitrogen and oxygen atoms in total. The zero-order chi connectivity index (χ0) is 20.1. The van der Waals surface area contributed by atoms with Gasteiger partial charge in [0.05, 0.1) is 5.54 Å². The number of amides is 1. The molecule has 1 saturated heterocycles. The van der Waals surface area contributed by atoms with Crippen LogP contribution in [0.2, 0.25) is 0 Å². The molecular weight excluding hydrogens is 448 g/mol. The fraction of sp³-hybridized carbons (Fsp3) is 0.217. The standard InChI is InChI=1S/C23H21BrN2O2S/c24-19-5-3-4-18(16-19)23(11-14-28-15-12-23)26-22(27)17-7-9-20(10-8-17)29-21-6-1-2-13-25-21/h1-10,13,16H,11-12,14-15H2,(H,26,27). The second-order valence-corrected chi connectivity index (χ2v) is 8.96. The van der Waals surface area contributed by atoms with Crippen molar-refractivity contribution in [1.29, 1.82) is 0 Å². The maximum atomic E-state index is 13.1. The number of benzene rings is 2. The Balaban J connectivity index is 1.52. The Morgan fingerprint density at radius 3 is 2.52 bits per heavy atom. The first-order valence-electron chi connectivity index (χ1n) is 9.50. The van der Waals surface area contributed by atoms with Gasteiger partial charge in [0.2, 0.25) is 0 Å². The number of hydrogen-bond acceptors (Lipinski definition) is 4. The van der Waals surface area contributed by atoms with E-state index < -0.39 is 5.54 Å². The van der Waals surface area contributed by atoms with Crippen LogP contribution in [0, 0.1) is 0 Å². The first-order chi connectivity index (χ1) is 14.1. The summed E-state index contributed by atoms with van der Waals surface area (Å²) in [6.07, 6.45) is 3.28. The number of pyridine rings is 1. The molecule has 1 fully saturated rings. The fourth-order valence-corrected chi connectivity index (χ4v) is 4.66. The Bertz CT molecular complexity index is 974. The lowest BCUT2D eigenvalue weighted by Gasteiger charge is -2.38. The summed E-state index contributed by atoms with van der Waals surface area (Å²) in [6.45, 7) is 1.26. The Labute approximate surface area is 183 Å². The summed E-state index contributed by atoms with van der Waals surface area (Å²) >= 11 is 5.12. The van der Waals surface area contributed by atoms with Gasteiger partial charge in [-0.05, 0) is 66.9 Å². The Morgan fingerprint density at radius 1 is 1.03 bits per heavy atom. The summed E-state index contributed by atoms with van der Waals surface area (Å²) in [5.74, 6) is -0.0683. The average Bonchev–Trinajstić information content (AvgIpc) is 2.76. The van der Waals surface area contributed by atoms with E-state index in [1.807, 2.05) is 54.6 Å². The minimum absolute atomic E-state index is 0.0683. The predicted molar refractivity (Wildman–Crippen MR) is 118 cm³/mol. The first-order valence-corrected chi connectivity index (χ1v) is 11.1. The van der Waals surface area contributed by atoms with E-state index in [0.29, 0.717) is 18.8 Å². The van der Waals surface area contributed by atoms with Crippen LogP contribution in [-0.2, 0) is 10.3 Å². The number of rotatable bonds is 5. The van der Waals surface area contributed by atoms with Gasteiger partial charge < -0.3 is 10.1 Å². The molecule has 0 bridgehead atoms. The number of carbonyl (C=O) groups is 1. The van der Waals surface area contributed by atoms with E-state index >= 15 is 0 Å². The van der Waals surface area contributed by atoms with Crippen LogP contribution < -0.4 is 5.32 Å². The summed E-state index contributed by atoms with van der Waals surface area (Å²) in [6, 6.07) is 21.7. The van der Waals surface area contributed by atoms with Gasteiger partial charge >= 0.3 is 0 Å². The predicted octanol–water partition coefficient (Wildman–Crippen LogP) is 5.43. The number of ether oxygens (including phenoxy) is 1. The van der Waals surface area contributed by atoms with Crippen molar-refractivity contribution in [2.24, 2.45) is 0 Å². The van der Waals surface area contributed by atoms with E-state index in [1.54, 1.807) is 18.0 Å². The second kappa shape index (κ2) is 9.11. The van der Waals surface area contributed by atoms with Crippen LogP contribution in [0.3, 0.4) is 0 Å². The molecule has 4 rings (SSSR count). The molecule has 1 amide bonds. The molecule has 0 saturated carbocycles. The largest absolute Gasteiger partial charge is 0.381 e. The van der Waals surface area contributed by atoms with Crippen LogP contribution >= 0.6 is 27.7 Å². The molecule has 0 aliphatic carbocycles. The molecule has 0 unspecified atom stereocenters. The normalized spacial score (nSPS) is 15.6. The lowest BCUT2D eigenvalue weighted by atomic mass is 9.82. The molecule has 6 heteroatoms. The lowest BCUT2D eigenvalue weighted by Crippen LogP contribution is -2.49. The van der Waals surface area contributed by atoms with Crippen LogP contribution in [0.4, 0.5) is 0 Å². The number of hydrogen-bond donors (Lipinski definition) is 1. The maximum Gasteiger partial charge on any atom is 0.251 e. The van der Waals surface area contributed by atoms with Crippen molar-refractivity contribution in [2.45, 2.75) is 28.3 Å². The molecule has 1 N–H and O–H groups in total. The van der Waals surface area contributed by atoms with Gasteiger partial charge in [0.25, 0.3) is 5.91 Å². The van der Waals surface area contributed by atoms with Crippen molar-refractivity contribution < 1.29 is 9.53 Å². The Morgan fingerprint density at radius 2 is 1.83 bits per heavy atom. The molecule has 1 aliphatic rings. The highest BCUT2D eigenvalue weighted by atomic mass is 79.9. The van der Waals surface area contributed by atoms with E-state index in [2.05, 4.69) is 38.4 Å². The monoisotopic (exact) mass is 468 g/mol. The quantitative estimate of drug-likeness (QED) is 0.542. The van der Waals surface area contributed by atoms with Crippen molar-refractivity contribution >= 4 is 33.6 Å². The van der Waals surface area contributed by atoms with Gasteiger partial charge in [0.1, 0.15) is 5.03 Å². The van der Waals surface area contributed by atoms with Crippen molar-refractivity contribution in [3.8, 4) is 0 Å². The minimum Gasteiger partial charge on any atom is -0.381 e. The van der Waals surface area contributed by atoms with E-state index in [1.165, 1.54) is 0 Å². The van der Waals surface area contributed by atoms with Gasteiger partial charge in [0, 0.05) is 34.3 Å². The lowest BCUT2D eigenvalue weighted by molar-refractivity contribution is 0.0345. The van der Waals surface area contributed by atoms with E-state index in [4.69, 9.17) is 4.74 Å². The van der Waals surface area contributed by atoms with Gasteiger partial charge in [-0.2, -0.15) is 0 Å². The number of nitrogens with one attached hydrogen (secondary N) is 1. The van der Waals surface area contributed by atoms with Gasteiger partial charge in [-0.25, -0.2) is 4.98 Å². The van der Waals surface area contributed by atoms with Crippen LogP contribution in [0.1, 0.15) is 28.8 Å². The summed E-state index contributed by atoms with van der Waals surface area (Å²) in [4.78, 5) is 18.4. The molecule has 1 aromatic heterocycles. The summed E-state index contributed by atoms with van der Waals surface area (Å²) in [5.41, 5.74) is 1.34. The third kappa shape index (κ3) is 4.89. The Kier molecular flexibility index (Phi) is 6.33. The minimum atomic E-state index is -0.416. The maximum absolute atomic E-state index is 13.1. The Hall–Kier alpha value is -2.15. The molecule has 3 aromatic rings. The summed E-state index contributed by atoms with van der Waals surface area (Å²) in [5, 5.41) is 4.23. The highest BCUT2D eigenvalue weighted by Crippen LogP contribution is 2.34. The molecule has 29 heavy (non-hydrogen) atoms. The van der Waals surface area contributed by atoms with Crippen molar-refractivity contribution in [1.82, 2.24) is 10.3 Å². The average molecular weight is 469 g/mol. The number of aromatic nitrogens is 1. The highest BCUT2D eigenvalue weighted by molar-refractivity contribution is 9.10. The number of nitrogens with zero attached hydrogens (tertiary/aromatic N) is 1.